The van der Waals surface area contributed by atoms with Gasteiger partial charge < -0.3 is 15.6 Å². The van der Waals surface area contributed by atoms with Crippen LogP contribution in [0.2, 0.25) is 0 Å². The monoisotopic (exact) mass is 544 g/mol. The molecule has 40 heavy (non-hydrogen) atoms. The first-order chi connectivity index (χ1) is 19.3. The summed E-state index contributed by atoms with van der Waals surface area (Å²) in [5.41, 5.74) is 6.77. The molecule has 5 aromatic rings. The normalized spacial score (nSPS) is 12.0. The second kappa shape index (κ2) is 11.5. The summed E-state index contributed by atoms with van der Waals surface area (Å²) in [5.74, 6) is -2.25. The number of fused-ring (bicyclic) bond motifs is 1. The van der Waals surface area contributed by atoms with Gasteiger partial charge in [-0.25, -0.2) is 23.1 Å². The topological polar surface area (TPSA) is 117 Å². The zero-order chi connectivity index (χ0) is 28.2. The number of imidazole rings is 1. The third-order valence-electron chi connectivity index (χ3n) is 6.55. The average molecular weight is 545 g/mol. The Hall–Kier alpha value is -4.90. The van der Waals surface area contributed by atoms with E-state index in [0.29, 0.717) is 12.6 Å². The highest BCUT2D eigenvalue weighted by Crippen LogP contribution is 2.16. The summed E-state index contributed by atoms with van der Waals surface area (Å²) in [5, 5.41) is 2.54. The minimum absolute atomic E-state index is 0.0234. The van der Waals surface area contributed by atoms with Crippen LogP contribution in [0, 0.1) is 11.6 Å². The molecule has 0 fully saturated rings. The lowest BCUT2D eigenvalue weighted by molar-refractivity contribution is -0.121. The molecule has 2 heterocycles. The summed E-state index contributed by atoms with van der Waals surface area (Å²) in [6.07, 6.45) is 1.50. The van der Waals surface area contributed by atoms with E-state index in [1.54, 1.807) is 4.57 Å². The Balaban J connectivity index is 1.47. The van der Waals surface area contributed by atoms with Crippen LogP contribution in [0.5, 0.6) is 0 Å². The lowest BCUT2D eigenvalue weighted by Gasteiger charge is -2.15. The van der Waals surface area contributed by atoms with Gasteiger partial charge in [-0.1, -0.05) is 66.7 Å². The zero-order valence-electron chi connectivity index (χ0n) is 21.3. The van der Waals surface area contributed by atoms with Crippen LogP contribution in [0.3, 0.4) is 0 Å². The van der Waals surface area contributed by atoms with E-state index >= 15 is 0 Å². The van der Waals surface area contributed by atoms with E-state index in [9.17, 15) is 23.2 Å². The first-order valence-corrected chi connectivity index (χ1v) is 12.6. The van der Waals surface area contributed by atoms with E-state index in [2.05, 4.69) is 10.3 Å². The zero-order valence-corrected chi connectivity index (χ0v) is 21.3. The first kappa shape index (κ1) is 26.7. The number of carbonyl (C=O) groups is 1. The highest BCUT2D eigenvalue weighted by Gasteiger charge is 2.21. The van der Waals surface area contributed by atoms with Crippen LogP contribution in [0.4, 0.5) is 8.78 Å². The van der Waals surface area contributed by atoms with Gasteiger partial charge in [-0.3, -0.25) is 14.2 Å². The Bertz CT molecular complexity index is 1780. The van der Waals surface area contributed by atoms with Gasteiger partial charge in [0.2, 0.25) is 5.91 Å². The molecule has 2 aromatic heterocycles. The second-order valence-corrected chi connectivity index (χ2v) is 9.35. The SMILES string of the molecule is NC(CNC(=O)Cn1c(=O)c2c(ncn2Cc2ccccc2)n(Cc2ccccc2)c1=O)c1ccc(F)cc1F. The van der Waals surface area contributed by atoms with Crippen LogP contribution >= 0.6 is 0 Å². The maximum atomic E-state index is 14.1. The smallest absolute Gasteiger partial charge is 0.333 e. The summed E-state index contributed by atoms with van der Waals surface area (Å²) in [4.78, 5) is 44.4. The van der Waals surface area contributed by atoms with Gasteiger partial charge in [0.15, 0.2) is 11.2 Å². The molecule has 0 saturated heterocycles. The molecular weight excluding hydrogens is 518 g/mol. The van der Waals surface area contributed by atoms with Crippen molar-refractivity contribution in [2.75, 3.05) is 6.54 Å². The molecule has 0 aliphatic carbocycles. The molecule has 0 bridgehead atoms. The van der Waals surface area contributed by atoms with E-state index in [4.69, 9.17) is 5.73 Å². The van der Waals surface area contributed by atoms with Gasteiger partial charge in [0.1, 0.15) is 18.2 Å². The highest BCUT2D eigenvalue weighted by atomic mass is 19.1. The van der Waals surface area contributed by atoms with Gasteiger partial charge in [-0.2, -0.15) is 0 Å². The van der Waals surface area contributed by atoms with Crippen LogP contribution in [-0.2, 0) is 24.4 Å². The minimum Gasteiger partial charge on any atom is -0.353 e. The number of halogens is 2. The number of nitrogens with zero attached hydrogens (tertiary/aromatic N) is 4. The Morgan fingerprint density at radius 1 is 0.900 bits per heavy atom. The maximum absolute atomic E-state index is 14.1. The average Bonchev–Trinajstić information content (AvgIpc) is 3.36. The Morgan fingerprint density at radius 2 is 1.55 bits per heavy atom. The van der Waals surface area contributed by atoms with Crippen molar-refractivity contribution in [3.05, 3.63) is 134 Å². The summed E-state index contributed by atoms with van der Waals surface area (Å²) in [7, 11) is 0. The van der Waals surface area contributed by atoms with Crippen LogP contribution in [0.1, 0.15) is 22.7 Å². The molecule has 204 valence electrons. The molecule has 1 amide bonds. The van der Waals surface area contributed by atoms with Gasteiger partial charge >= 0.3 is 5.69 Å². The number of aromatic nitrogens is 4. The van der Waals surface area contributed by atoms with Crippen molar-refractivity contribution in [1.82, 2.24) is 24.0 Å². The van der Waals surface area contributed by atoms with Gasteiger partial charge in [-0.15, -0.1) is 0 Å². The van der Waals surface area contributed by atoms with E-state index in [0.717, 1.165) is 21.8 Å². The van der Waals surface area contributed by atoms with E-state index in [-0.39, 0.29) is 29.8 Å². The number of hydrogen-bond donors (Lipinski definition) is 2. The molecule has 0 aliphatic rings. The fourth-order valence-electron chi connectivity index (χ4n) is 4.52. The third kappa shape index (κ3) is 5.59. The molecule has 1 atom stereocenters. The van der Waals surface area contributed by atoms with Crippen LogP contribution < -0.4 is 22.3 Å². The Kier molecular flexibility index (Phi) is 7.65. The fourth-order valence-corrected chi connectivity index (χ4v) is 4.52. The van der Waals surface area contributed by atoms with Crippen molar-refractivity contribution in [1.29, 1.82) is 0 Å². The molecule has 11 heteroatoms. The summed E-state index contributed by atoms with van der Waals surface area (Å²) in [6, 6.07) is 20.7. The molecule has 0 radical (unpaired) electrons. The molecular formula is C29H26F2N6O3. The van der Waals surface area contributed by atoms with Crippen molar-refractivity contribution in [3.8, 4) is 0 Å². The van der Waals surface area contributed by atoms with Crippen molar-refractivity contribution < 1.29 is 13.6 Å². The Morgan fingerprint density at radius 3 is 2.20 bits per heavy atom. The summed E-state index contributed by atoms with van der Waals surface area (Å²) in [6.45, 7) is -0.310. The summed E-state index contributed by atoms with van der Waals surface area (Å²) < 4.78 is 31.2. The number of nitrogens with one attached hydrogen (secondary N) is 1. The third-order valence-corrected chi connectivity index (χ3v) is 6.55. The minimum atomic E-state index is -0.967. The number of carbonyl (C=O) groups excluding carboxylic acids is 1. The van der Waals surface area contributed by atoms with Gasteiger partial charge in [0, 0.05) is 24.7 Å². The van der Waals surface area contributed by atoms with E-state index in [1.165, 1.54) is 17.0 Å². The Labute approximate surface area is 227 Å². The molecule has 5 rings (SSSR count). The van der Waals surface area contributed by atoms with Crippen LogP contribution in [0.15, 0.2) is 94.8 Å². The largest absolute Gasteiger partial charge is 0.353 e. The first-order valence-electron chi connectivity index (χ1n) is 12.6. The van der Waals surface area contributed by atoms with Crippen molar-refractivity contribution in [3.63, 3.8) is 0 Å². The van der Waals surface area contributed by atoms with Crippen molar-refractivity contribution in [2.24, 2.45) is 5.73 Å². The number of benzene rings is 3. The lowest BCUT2D eigenvalue weighted by Crippen LogP contribution is -2.45. The lowest BCUT2D eigenvalue weighted by atomic mass is 10.1. The van der Waals surface area contributed by atoms with Crippen LogP contribution in [-0.4, -0.2) is 31.1 Å². The molecule has 3 N–H and O–H groups in total. The summed E-state index contributed by atoms with van der Waals surface area (Å²) >= 11 is 0. The number of amides is 1. The highest BCUT2D eigenvalue weighted by molar-refractivity contribution is 5.76. The van der Waals surface area contributed by atoms with Gasteiger partial charge in [-0.05, 0) is 17.2 Å². The maximum Gasteiger partial charge on any atom is 0.333 e. The molecule has 0 aliphatic heterocycles. The van der Waals surface area contributed by atoms with E-state index < -0.39 is 41.4 Å². The van der Waals surface area contributed by atoms with Gasteiger partial charge in [0.25, 0.3) is 5.56 Å². The second-order valence-electron chi connectivity index (χ2n) is 9.35. The number of hydrogen-bond acceptors (Lipinski definition) is 5. The van der Waals surface area contributed by atoms with Gasteiger partial charge in [0.05, 0.1) is 18.9 Å². The standard InChI is InChI=1S/C29H26F2N6O3/c30-21-11-12-22(23(31)13-21)24(32)14-33-25(38)17-37-28(39)26-27(34-18-35(26)15-19-7-3-1-4-8-19)36(29(37)40)16-20-9-5-2-6-10-20/h1-13,18,24H,14-17,32H2,(H,33,38). The fraction of sp³-hybridized carbons (Fsp3) is 0.172. The van der Waals surface area contributed by atoms with Crippen LogP contribution in [0.25, 0.3) is 11.2 Å². The molecule has 3 aromatic carbocycles. The molecule has 9 nitrogen and oxygen atoms in total. The molecule has 1 unspecified atom stereocenters. The number of rotatable bonds is 9. The molecule has 0 spiro atoms. The quantitative estimate of drug-likeness (QED) is 0.296. The van der Waals surface area contributed by atoms with Crippen molar-refractivity contribution in [2.45, 2.75) is 25.7 Å². The van der Waals surface area contributed by atoms with E-state index in [1.807, 2.05) is 60.7 Å². The number of nitrogens with two attached hydrogens (primary N) is 1. The molecule has 0 saturated carbocycles. The predicted octanol–water partition coefficient (Wildman–Crippen LogP) is 2.55. The van der Waals surface area contributed by atoms with Crippen molar-refractivity contribution >= 4 is 17.1 Å². The predicted molar refractivity (Wildman–Crippen MR) is 146 cm³/mol.